The summed E-state index contributed by atoms with van der Waals surface area (Å²) in [4.78, 5) is 0. The van der Waals surface area contributed by atoms with Crippen molar-refractivity contribution in [2.75, 3.05) is 0 Å². The van der Waals surface area contributed by atoms with Crippen LogP contribution in [0.3, 0.4) is 0 Å². The Hall–Kier alpha value is -7.22. The molecule has 3 aliphatic rings. The maximum atomic E-state index is 4.21. The van der Waals surface area contributed by atoms with E-state index >= 15 is 0 Å². The molecular weight excluding hydrogens is 699 g/mol. The minimum atomic E-state index is -0.599. The monoisotopic (exact) mass is 737 g/mol. The van der Waals surface area contributed by atoms with Crippen molar-refractivity contribution in [3.05, 3.63) is 257 Å². The molecule has 1 aromatic heterocycles. The van der Waals surface area contributed by atoms with Gasteiger partial charge in [0.2, 0.25) is 0 Å². The summed E-state index contributed by atoms with van der Waals surface area (Å²) in [6.45, 7) is 6.63. The zero-order chi connectivity index (χ0) is 38.6. The van der Waals surface area contributed by atoms with Crippen LogP contribution in [0.2, 0.25) is 0 Å². The number of hydrogen-bond acceptors (Lipinski definition) is 0. The number of nitrogens with zero attached hydrogens (tertiary/aromatic N) is 1. The fraction of sp³-hybridized carbons (Fsp3) is 0.0526. The molecule has 1 heterocycles. The largest absolute Gasteiger partial charge is 0.309 e. The fourth-order valence-electron chi connectivity index (χ4n) is 11.4. The van der Waals surface area contributed by atoms with E-state index in [1.807, 2.05) is 6.08 Å². The molecule has 3 aliphatic carbocycles. The van der Waals surface area contributed by atoms with E-state index in [0.717, 1.165) is 0 Å². The highest BCUT2D eigenvalue weighted by Gasteiger charge is 2.58. The molecule has 1 heteroatoms. The maximum Gasteiger partial charge on any atom is 0.0717 e. The van der Waals surface area contributed by atoms with Crippen LogP contribution in [0, 0.1) is 0 Å². The van der Waals surface area contributed by atoms with E-state index in [1.54, 1.807) is 0 Å². The Morgan fingerprint density at radius 3 is 1.52 bits per heavy atom. The Bertz CT molecular complexity index is 3170. The second-order valence-electron chi connectivity index (χ2n) is 16.0. The lowest BCUT2D eigenvalue weighted by molar-refractivity contribution is 0.625. The van der Waals surface area contributed by atoms with E-state index in [9.17, 15) is 0 Å². The lowest BCUT2D eigenvalue weighted by Crippen LogP contribution is -2.43. The smallest absolute Gasteiger partial charge is 0.0717 e. The van der Waals surface area contributed by atoms with Crippen molar-refractivity contribution in [3.8, 4) is 39.1 Å². The minimum absolute atomic E-state index is 0.541. The van der Waals surface area contributed by atoms with Gasteiger partial charge < -0.3 is 4.57 Å². The number of rotatable bonds is 4. The van der Waals surface area contributed by atoms with Gasteiger partial charge in [0.05, 0.1) is 27.6 Å². The summed E-state index contributed by atoms with van der Waals surface area (Å²) in [6, 6.07) is 70.4. The third-order valence-electron chi connectivity index (χ3n) is 13.5. The van der Waals surface area contributed by atoms with E-state index in [0.29, 0.717) is 0 Å². The second-order valence-corrected chi connectivity index (χ2v) is 16.0. The van der Waals surface area contributed by atoms with Gasteiger partial charge in [-0.15, -0.1) is 0 Å². The number of hydrogen-bond donors (Lipinski definition) is 0. The summed E-state index contributed by atoms with van der Waals surface area (Å²) in [6.07, 6.45) is 6.46. The molecule has 0 atom stereocenters. The van der Waals surface area contributed by atoms with Crippen molar-refractivity contribution in [2.24, 2.45) is 0 Å². The molecule has 0 aliphatic heterocycles. The first kappa shape index (κ1) is 33.0. The Morgan fingerprint density at radius 2 is 0.914 bits per heavy atom. The minimum Gasteiger partial charge on any atom is -0.309 e. The molecule has 0 radical (unpaired) electrons. The molecule has 8 aromatic carbocycles. The molecule has 0 saturated carbocycles. The molecule has 58 heavy (non-hydrogen) atoms. The number of allylic oxidation sites excluding steroid dienone is 5. The van der Waals surface area contributed by atoms with Crippen molar-refractivity contribution < 1.29 is 0 Å². The molecule has 0 bridgehead atoms. The van der Waals surface area contributed by atoms with Crippen LogP contribution >= 0.6 is 0 Å². The molecule has 0 N–H and O–H groups in total. The van der Waals surface area contributed by atoms with Crippen LogP contribution in [-0.4, -0.2) is 4.57 Å². The average molecular weight is 738 g/mol. The molecule has 272 valence electrons. The van der Waals surface area contributed by atoms with E-state index in [1.165, 1.54) is 105 Å². The van der Waals surface area contributed by atoms with Gasteiger partial charge in [-0.25, -0.2) is 0 Å². The predicted molar refractivity (Wildman–Crippen MR) is 242 cm³/mol. The summed E-state index contributed by atoms with van der Waals surface area (Å²) in [5.74, 6) is 0. The van der Waals surface area contributed by atoms with Crippen molar-refractivity contribution in [1.82, 2.24) is 4.57 Å². The van der Waals surface area contributed by atoms with Gasteiger partial charge in [0, 0.05) is 16.3 Å². The highest BCUT2D eigenvalue weighted by Crippen LogP contribution is 2.68. The van der Waals surface area contributed by atoms with Crippen LogP contribution in [0.5, 0.6) is 0 Å². The molecule has 9 aromatic rings. The number of benzene rings is 8. The van der Waals surface area contributed by atoms with Gasteiger partial charge >= 0.3 is 0 Å². The zero-order valence-corrected chi connectivity index (χ0v) is 32.3. The number of aromatic nitrogens is 1. The van der Waals surface area contributed by atoms with Crippen molar-refractivity contribution in [1.29, 1.82) is 0 Å². The van der Waals surface area contributed by atoms with E-state index < -0.39 is 10.8 Å². The van der Waals surface area contributed by atoms with Crippen molar-refractivity contribution in [2.45, 2.75) is 17.8 Å². The summed E-state index contributed by atoms with van der Waals surface area (Å²) < 4.78 is 2.53. The Morgan fingerprint density at radius 1 is 0.431 bits per heavy atom. The topological polar surface area (TPSA) is 4.93 Å². The van der Waals surface area contributed by atoms with Crippen LogP contribution in [0.15, 0.2) is 224 Å². The van der Waals surface area contributed by atoms with E-state index in [-0.39, 0.29) is 0 Å². The third-order valence-corrected chi connectivity index (χ3v) is 13.5. The van der Waals surface area contributed by atoms with Crippen molar-refractivity contribution >= 4 is 21.8 Å². The predicted octanol–water partition coefficient (Wildman–Crippen LogP) is 14.2. The van der Waals surface area contributed by atoms with E-state index in [2.05, 4.69) is 218 Å². The lowest BCUT2D eigenvalue weighted by atomic mass is 9.52. The Balaban J connectivity index is 1.33. The van der Waals surface area contributed by atoms with Crippen LogP contribution in [-0.2, 0) is 10.8 Å². The molecule has 2 spiro atoms. The maximum absolute atomic E-state index is 4.21. The lowest BCUT2D eigenvalue weighted by Gasteiger charge is -2.49. The first-order valence-corrected chi connectivity index (χ1v) is 20.3. The number of para-hydroxylation sites is 2. The standard InChI is InChI=1S/C57H39N/c1-3-4-28-46-37(2)56(47-29-14-8-23-40(47)41-24-9-15-30-48(41)56)51-35-45-44-27-13-19-34-54(44)58(53-33-18-12-22-39(53)38-20-6-5-7-21-38)55(45)36-52(51)57(46)49-31-16-10-25-42(49)43-26-11-17-32-50(43)57/h3-36H,1H2,2H3/b28-4-. The second kappa shape index (κ2) is 12.1. The molecule has 12 rings (SSSR count). The van der Waals surface area contributed by atoms with Crippen molar-refractivity contribution in [3.63, 3.8) is 0 Å². The summed E-state index contributed by atoms with van der Waals surface area (Å²) in [5.41, 5.74) is 20.6. The van der Waals surface area contributed by atoms with Gasteiger partial charge in [0.25, 0.3) is 0 Å². The van der Waals surface area contributed by atoms with Gasteiger partial charge in [-0.3, -0.25) is 0 Å². The van der Waals surface area contributed by atoms with E-state index in [4.69, 9.17) is 0 Å². The summed E-state index contributed by atoms with van der Waals surface area (Å²) in [7, 11) is 0. The first-order valence-electron chi connectivity index (χ1n) is 20.3. The molecule has 0 saturated heterocycles. The summed E-state index contributed by atoms with van der Waals surface area (Å²) in [5, 5.41) is 2.50. The molecule has 0 amide bonds. The number of fused-ring (bicyclic) bond motifs is 16. The molecule has 1 nitrogen and oxygen atoms in total. The first-order chi connectivity index (χ1) is 28.7. The average Bonchev–Trinajstić information content (AvgIpc) is 3.88. The Kier molecular flexibility index (Phi) is 6.90. The van der Waals surface area contributed by atoms with Gasteiger partial charge in [-0.2, -0.15) is 0 Å². The fourth-order valence-corrected chi connectivity index (χ4v) is 11.4. The van der Waals surface area contributed by atoms with Gasteiger partial charge in [-0.05, 0) is 104 Å². The molecular formula is C57H39N. The molecule has 0 unspecified atom stereocenters. The van der Waals surface area contributed by atoms with Gasteiger partial charge in [0.15, 0.2) is 0 Å². The highest BCUT2D eigenvalue weighted by atomic mass is 15.0. The van der Waals surface area contributed by atoms with Crippen LogP contribution < -0.4 is 0 Å². The van der Waals surface area contributed by atoms with Gasteiger partial charge in [0.1, 0.15) is 0 Å². The zero-order valence-electron chi connectivity index (χ0n) is 32.3. The highest BCUT2D eigenvalue weighted by molar-refractivity contribution is 6.11. The van der Waals surface area contributed by atoms with Gasteiger partial charge in [-0.1, -0.05) is 189 Å². The van der Waals surface area contributed by atoms with Crippen LogP contribution in [0.1, 0.15) is 40.3 Å². The Labute approximate surface area is 339 Å². The SMILES string of the molecule is C=C/C=C\C1=C(C)C2(c3ccccc3-c3ccccc32)c2cc3c4ccccc4n(-c4ccccc4-c4ccccc4)c3cc2C12c1ccccc1-c1ccccc12. The van der Waals surface area contributed by atoms with Crippen LogP contribution in [0.4, 0.5) is 0 Å². The quantitative estimate of drug-likeness (QED) is 0.159. The normalized spacial score (nSPS) is 15.2. The van der Waals surface area contributed by atoms with Crippen LogP contribution in [0.25, 0.3) is 60.9 Å². The molecule has 0 fully saturated rings. The summed E-state index contributed by atoms with van der Waals surface area (Å²) >= 11 is 0. The third kappa shape index (κ3) is 4.00.